The van der Waals surface area contributed by atoms with Crippen molar-refractivity contribution in [2.24, 2.45) is 0 Å². The maximum atomic E-state index is 12.6. The first kappa shape index (κ1) is 22.4. The van der Waals surface area contributed by atoms with Gasteiger partial charge in [0, 0.05) is 16.9 Å². The Labute approximate surface area is 183 Å². The first-order valence-corrected chi connectivity index (χ1v) is 11.6. The van der Waals surface area contributed by atoms with Crippen molar-refractivity contribution in [1.82, 2.24) is 0 Å². The number of nitrogens with one attached hydrogen (secondary N) is 2. The normalized spacial score (nSPS) is 11.0. The molecule has 162 valence electrons. The molecular formula is C24H26N2O4S. The van der Waals surface area contributed by atoms with Gasteiger partial charge in [0.1, 0.15) is 5.75 Å². The largest absolute Gasteiger partial charge is 0.497 e. The molecule has 0 aliphatic carbocycles. The Morgan fingerprint density at radius 1 is 0.935 bits per heavy atom. The molecule has 31 heavy (non-hydrogen) atoms. The molecule has 0 fully saturated rings. The molecule has 0 aliphatic heterocycles. The Bertz CT molecular complexity index is 1130. The van der Waals surface area contributed by atoms with Gasteiger partial charge in [-0.1, -0.05) is 31.5 Å². The molecule has 0 heterocycles. The number of hydrogen-bond donors (Lipinski definition) is 2. The van der Waals surface area contributed by atoms with Crippen LogP contribution in [0.5, 0.6) is 5.75 Å². The monoisotopic (exact) mass is 438 g/mol. The molecule has 1 amide bonds. The highest BCUT2D eigenvalue weighted by molar-refractivity contribution is 7.92. The van der Waals surface area contributed by atoms with Crippen LogP contribution in [0, 0.1) is 0 Å². The number of sulfonamides is 1. The number of carbonyl (C=O) groups is 1. The first-order valence-electron chi connectivity index (χ1n) is 10.1. The number of unbranched alkanes of at least 4 members (excludes halogenated alkanes) is 1. The number of rotatable bonds is 9. The fourth-order valence-corrected chi connectivity index (χ4v) is 4.08. The van der Waals surface area contributed by atoms with Gasteiger partial charge in [-0.05, 0) is 73.0 Å². The molecule has 3 aromatic rings. The molecule has 7 heteroatoms. The maximum absolute atomic E-state index is 12.6. The number of hydrogen-bond acceptors (Lipinski definition) is 4. The van der Waals surface area contributed by atoms with Crippen LogP contribution in [0.1, 0.15) is 35.7 Å². The Balaban J connectivity index is 1.69. The lowest BCUT2D eigenvalue weighted by molar-refractivity contribution is 0.102. The van der Waals surface area contributed by atoms with Crippen molar-refractivity contribution in [2.75, 3.05) is 17.1 Å². The van der Waals surface area contributed by atoms with Crippen molar-refractivity contribution in [3.8, 4) is 5.75 Å². The molecule has 0 aromatic heterocycles. The predicted molar refractivity (Wildman–Crippen MR) is 123 cm³/mol. The van der Waals surface area contributed by atoms with Gasteiger partial charge in [0.2, 0.25) is 0 Å². The van der Waals surface area contributed by atoms with E-state index in [-0.39, 0.29) is 10.8 Å². The second-order valence-corrected chi connectivity index (χ2v) is 8.80. The minimum atomic E-state index is -3.79. The molecule has 0 saturated carbocycles. The van der Waals surface area contributed by atoms with Crippen molar-refractivity contribution in [3.05, 3.63) is 83.9 Å². The quantitative estimate of drug-likeness (QED) is 0.487. The van der Waals surface area contributed by atoms with E-state index in [0.717, 1.165) is 19.3 Å². The average molecular weight is 439 g/mol. The summed E-state index contributed by atoms with van der Waals surface area (Å²) in [7, 11) is -2.28. The summed E-state index contributed by atoms with van der Waals surface area (Å²) in [5.74, 6) is 0.253. The summed E-state index contributed by atoms with van der Waals surface area (Å²) in [4.78, 5) is 12.7. The Hall–Kier alpha value is -3.32. The summed E-state index contributed by atoms with van der Waals surface area (Å²) in [5, 5.41) is 2.85. The second-order valence-electron chi connectivity index (χ2n) is 7.12. The van der Waals surface area contributed by atoms with Crippen molar-refractivity contribution in [1.29, 1.82) is 0 Å². The van der Waals surface area contributed by atoms with Gasteiger partial charge in [-0.25, -0.2) is 8.42 Å². The van der Waals surface area contributed by atoms with Gasteiger partial charge < -0.3 is 10.1 Å². The van der Waals surface area contributed by atoms with E-state index in [1.807, 2.05) is 24.3 Å². The third-order valence-corrected chi connectivity index (χ3v) is 6.17. The van der Waals surface area contributed by atoms with E-state index in [2.05, 4.69) is 17.0 Å². The summed E-state index contributed by atoms with van der Waals surface area (Å²) in [6.07, 6.45) is 3.28. The predicted octanol–water partition coefficient (Wildman–Crippen LogP) is 5.09. The molecule has 3 aromatic carbocycles. The van der Waals surface area contributed by atoms with E-state index in [1.54, 1.807) is 30.3 Å². The fraction of sp³-hybridized carbons (Fsp3) is 0.208. The summed E-state index contributed by atoms with van der Waals surface area (Å²) in [5.41, 5.74) is 2.58. The molecule has 6 nitrogen and oxygen atoms in total. The Morgan fingerprint density at radius 3 is 2.29 bits per heavy atom. The highest BCUT2D eigenvalue weighted by Gasteiger charge is 2.15. The third kappa shape index (κ3) is 6.08. The van der Waals surface area contributed by atoms with Gasteiger partial charge in [-0.2, -0.15) is 0 Å². The molecule has 2 N–H and O–H groups in total. The molecule has 0 aliphatic rings. The van der Waals surface area contributed by atoms with Crippen molar-refractivity contribution in [3.63, 3.8) is 0 Å². The van der Waals surface area contributed by atoms with Crippen LogP contribution in [0.15, 0.2) is 77.7 Å². The lowest BCUT2D eigenvalue weighted by Gasteiger charge is -2.11. The number of amides is 1. The number of benzene rings is 3. The van der Waals surface area contributed by atoms with E-state index in [1.165, 1.54) is 30.9 Å². The smallest absolute Gasteiger partial charge is 0.261 e. The lowest BCUT2D eigenvalue weighted by atomic mass is 10.1. The van der Waals surface area contributed by atoms with Gasteiger partial charge in [0.25, 0.3) is 15.9 Å². The number of carbonyl (C=O) groups excluding carboxylic acids is 1. The molecule has 0 bridgehead atoms. The second kappa shape index (κ2) is 10.1. The van der Waals surface area contributed by atoms with Crippen LogP contribution in [0.3, 0.4) is 0 Å². The average Bonchev–Trinajstić information content (AvgIpc) is 2.78. The summed E-state index contributed by atoms with van der Waals surface area (Å²) >= 11 is 0. The maximum Gasteiger partial charge on any atom is 0.261 e. The topological polar surface area (TPSA) is 84.5 Å². The van der Waals surface area contributed by atoms with Crippen molar-refractivity contribution < 1.29 is 17.9 Å². The van der Waals surface area contributed by atoms with Gasteiger partial charge in [0.05, 0.1) is 12.0 Å². The van der Waals surface area contributed by atoms with E-state index in [0.29, 0.717) is 22.7 Å². The van der Waals surface area contributed by atoms with Gasteiger partial charge in [-0.15, -0.1) is 0 Å². The van der Waals surface area contributed by atoms with Crippen LogP contribution in [0.4, 0.5) is 11.4 Å². The Morgan fingerprint density at radius 2 is 1.65 bits per heavy atom. The number of ether oxygens (including phenoxy) is 1. The number of methoxy groups -OCH3 is 1. The zero-order valence-electron chi connectivity index (χ0n) is 17.6. The number of anilines is 2. The molecular weight excluding hydrogens is 412 g/mol. The van der Waals surface area contributed by atoms with E-state index >= 15 is 0 Å². The van der Waals surface area contributed by atoms with Crippen LogP contribution in [0.25, 0.3) is 0 Å². The minimum Gasteiger partial charge on any atom is -0.497 e. The van der Waals surface area contributed by atoms with Crippen molar-refractivity contribution >= 4 is 27.3 Å². The van der Waals surface area contributed by atoms with E-state index in [4.69, 9.17) is 4.74 Å². The van der Waals surface area contributed by atoms with E-state index < -0.39 is 10.0 Å². The van der Waals surface area contributed by atoms with Crippen molar-refractivity contribution in [2.45, 2.75) is 31.1 Å². The van der Waals surface area contributed by atoms with Gasteiger partial charge >= 0.3 is 0 Å². The van der Waals surface area contributed by atoms with Gasteiger partial charge in [0.15, 0.2) is 0 Å². The molecule has 0 saturated heterocycles. The highest BCUT2D eigenvalue weighted by Crippen LogP contribution is 2.20. The van der Waals surface area contributed by atoms with Crippen LogP contribution in [0.2, 0.25) is 0 Å². The molecule has 0 radical (unpaired) electrons. The summed E-state index contributed by atoms with van der Waals surface area (Å²) in [6.45, 7) is 2.15. The van der Waals surface area contributed by atoms with Crippen LogP contribution < -0.4 is 14.8 Å². The van der Waals surface area contributed by atoms with Crippen LogP contribution in [-0.4, -0.2) is 21.4 Å². The SMILES string of the molecule is CCCCc1ccc(NC(=O)c2cccc(NS(=O)(=O)c3ccc(OC)cc3)c2)cc1. The summed E-state index contributed by atoms with van der Waals surface area (Å²) < 4.78 is 32.8. The highest BCUT2D eigenvalue weighted by atomic mass is 32.2. The Kier molecular flexibility index (Phi) is 7.31. The third-order valence-electron chi connectivity index (χ3n) is 4.78. The molecule has 0 unspecified atom stereocenters. The zero-order chi connectivity index (χ0) is 22.3. The van der Waals surface area contributed by atoms with Crippen LogP contribution >= 0.6 is 0 Å². The minimum absolute atomic E-state index is 0.103. The summed E-state index contributed by atoms with van der Waals surface area (Å²) in [6, 6.07) is 20.2. The molecule has 3 rings (SSSR count). The van der Waals surface area contributed by atoms with Crippen LogP contribution in [-0.2, 0) is 16.4 Å². The molecule has 0 spiro atoms. The first-order chi connectivity index (χ1) is 14.9. The van der Waals surface area contributed by atoms with Gasteiger partial charge in [-0.3, -0.25) is 9.52 Å². The van der Waals surface area contributed by atoms with E-state index in [9.17, 15) is 13.2 Å². The number of aryl methyl sites for hydroxylation is 1. The zero-order valence-corrected chi connectivity index (χ0v) is 18.4. The fourth-order valence-electron chi connectivity index (χ4n) is 3.03. The molecule has 0 atom stereocenters. The standard InChI is InChI=1S/C24H26N2O4S/c1-3-4-6-18-9-11-20(12-10-18)25-24(27)19-7-5-8-21(17-19)26-31(28,29)23-15-13-22(30-2)14-16-23/h5,7-17,26H,3-4,6H2,1-2H3,(H,25,27). The lowest BCUT2D eigenvalue weighted by Crippen LogP contribution is -2.15.